The number of rotatable bonds is 3. The number of hydrogen-bond donors (Lipinski definition) is 0. The van der Waals surface area contributed by atoms with Gasteiger partial charge in [0.15, 0.2) is 8.32 Å². The van der Waals surface area contributed by atoms with Crippen LogP contribution in [0.2, 0.25) is 19.6 Å². The molecule has 3 nitrogen and oxygen atoms in total. The van der Waals surface area contributed by atoms with E-state index in [2.05, 4.69) is 44.7 Å². The van der Waals surface area contributed by atoms with Crippen molar-refractivity contribution in [1.82, 2.24) is 0 Å². The van der Waals surface area contributed by atoms with E-state index in [1.54, 1.807) is 7.11 Å². The van der Waals surface area contributed by atoms with Crippen LogP contribution < -0.4 is 0 Å². The molecule has 4 heteroatoms. The average molecular weight is 390 g/mol. The maximum Gasteiger partial charge on any atom is 0.184 e. The summed E-state index contributed by atoms with van der Waals surface area (Å²) in [6.07, 6.45) is 13.3. The lowest BCUT2D eigenvalue weighted by atomic mass is 9.49. The summed E-state index contributed by atoms with van der Waals surface area (Å²) in [6.45, 7) is 12.0. The van der Waals surface area contributed by atoms with E-state index >= 15 is 0 Å². The lowest BCUT2D eigenvalue weighted by molar-refractivity contribution is 0.00334. The SMILES string of the molecule is CON=C1CCC2C3CCC4CC(O[Si](C)(C)C)CCC4(C)C3=CCC12C. The van der Waals surface area contributed by atoms with E-state index in [-0.39, 0.29) is 5.41 Å². The van der Waals surface area contributed by atoms with Crippen molar-refractivity contribution in [2.45, 2.75) is 91.0 Å². The molecule has 0 radical (unpaired) electrons. The van der Waals surface area contributed by atoms with Crippen molar-refractivity contribution in [3.8, 4) is 0 Å². The van der Waals surface area contributed by atoms with Crippen LogP contribution in [0.5, 0.6) is 0 Å². The van der Waals surface area contributed by atoms with Crippen LogP contribution in [0, 0.1) is 28.6 Å². The Morgan fingerprint density at radius 2 is 1.85 bits per heavy atom. The third-order valence-corrected chi connectivity index (χ3v) is 9.48. The van der Waals surface area contributed by atoms with Gasteiger partial charge in [-0.25, -0.2) is 0 Å². The molecule has 0 aliphatic heterocycles. The van der Waals surface area contributed by atoms with Crippen molar-refractivity contribution in [3.63, 3.8) is 0 Å². The van der Waals surface area contributed by atoms with Gasteiger partial charge in [-0.15, -0.1) is 0 Å². The van der Waals surface area contributed by atoms with Gasteiger partial charge in [0.25, 0.3) is 0 Å². The Bertz CT molecular complexity index is 651. The summed E-state index contributed by atoms with van der Waals surface area (Å²) in [7, 11) is 0.253. The molecular formula is C23H39NO2Si. The van der Waals surface area contributed by atoms with Crippen LogP contribution in [0.3, 0.4) is 0 Å². The zero-order chi connectivity index (χ0) is 19.4. The van der Waals surface area contributed by atoms with Gasteiger partial charge in [-0.3, -0.25) is 0 Å². The Balaban J connectivity index is 1.57. The Morgan fingerprint density at radius 1 is 1.07 bits per heavy atom. The Hall–Kier alpha value is -0.613. The summed E-state index contributed by atoms with van der Waals surface area (Å²) in [5.41, 5.74) is 3.76. The molecule has 6 unspecified atom stereocenters. The largest absolute Gasteiger partial charge is 0.415 e. The minimum absolute atomic E-state index is 0.228. The van der Waals surface area contributed by atoms with Gasteiger partial charge in [0, 0.05) is 11.5 Å². The van der Waals surface area contributed by atoms with Crippen LogP contribution >= 0.6 is 0 Å². The first-order chi connectivity index (χ1) is 12.7. The van der Waals surface area contributed by atoms with Gasteiger partial charge in [-0.05, 0) is 94.2 Å². The fourth-order valence-corrected chi connectivity index (χ4v) is 8.37. The number of oxime groups is 1. The molecule has 6 atom stereocenters. The van der Waals surface area contributed by atoms with Gasteiger partial charge in [-0.2, -0.15) is 0 Å². The van der Waals surface area contributed by atoms with E-state index in [9.17, 15) is 0 Å². The quantitative estimate of drug-likeness (QED) is 0.328. The molecule has 4 aliphatic carbocycles. The van der Waals surface area contributed by atoms with Crippen molar-refractivity contribution >= 4 is 14.0 Å². The zero-order valence-electron chi connectivity index (χ0n) is 18.3. The van der Waals surface area contributed by atoms with Gasteiger partial charge in [0.2, 0.25) is 0 Å². The van der Waals surface area contributed by atoms with Crippen LogP contribution in [0.25, 0.3) is 0 Å². The lowest BCUT2D eigenvalue weighted by Crippen LogP contribution is -2.49. The molecule has 4 rings (SSSR count). The highest BCUT2D eigenvalue weighted by Crippen LogP contribution is 2.63. The number of fused-ring (bicyclic) bond motifs is 5. The van der Waals surface area contributed by atoms with Crippen molar-refractivity contribution < 1.29 is 9.26 Å². The van der Waals surface area contributed by atoms with Gasteiger partial charge in [0.05, 0.1) is 5.71 Å². The van der Waals surface area contributed by atoms with Gasteiger partial charge in [0.1, 0.15) is 7.11 Å². The molecule has 0 saturated heterocycles. The third kappa shape index (κ3) is 3.25. The van der Waals surface area contributed by atoms with Crippen molar-refractivity contribution in [3.05, 3.63) is 11.6 Å². The Labute approximate surface area is 167 Å². The molecule has 0 aromatic rings. The van der Waals surface area contributed by atoms with E-state index in [0.717, 1.165) is 30.6 Å². The molecule has 0 spiro atoms. The molecule has 3 fully saturated rings. The summed E-state index contributed by atoms with van der Waals surface area (Å²) in [5, 5.41) is 4.43. The van der Waals surface area contributed by atoms with E-state index in [1.807, 2.05) is 5.57 Å². The maximum absolute atomic E-state index is 6.52. The summed E-state index contributed by atoms with van der Waals surface area (Å²) in [6, 6.07) is 0. The predicted molar refractivity (Wildman–Crippen MR) is 114 cm³/mol. The Morgan fingerprint density at radius 3 is 2.56 bits per heavy atom. The molecule has 0 aromatic heterocycles. The highest BCUT2D eigenvalue weighted by molar-refractivity contribution is 6.69. The molecule has 0 N–H and O–H groups in total. The van der Waals surface area contributed by atoms with Gasteiger partial charge in [-0.1, -0.05) is 30.7 Å². The zero-order valence-corrected chi connectivity index (χ0v) is 19.3. The van der Waals surface area contributed by atoms with E-state index in [0.29, 0.717) is 11.5 Å². The predicted octanol–water partition coefficient (Wildman–Crippen LogP) is 6.17. The second-order valence-electron chi connectivity index (χ2n) is 11.1. The summed E-state index contributed by atoms with van der Waals surface area (Å²) >= 11 is 0. The molecule has 152 valence electrons. The van der Waals surface area contributed by atoms with Crippen molar-refractivity contribution in [2.75, 3.05) is 7.11 Å². The second-order valence-corrected chi connectivity index (χ2v) is 15.5. The maximum atomic E-state index is 6.52. The van der Waals surface area contributed by atoms with E-state index in [1.165, 1.54) is 44.2 Å². The number of allylic oxidation sites excluding steroid dienone is 2. The highest BCUT2D eigenvalue weighted by Gasteiger charge is 2.56. The van der Waals surface area contributed by atoms with E-state index in [4.69, 9.17) is 9.26 Å². The molecular weight excluding hydrogens is 350 g/mol. The summed E-state index contributed by atoms with van der Waals surface area (Å²) < 4.78 is 6.52. The normalized spacial score (nSPS) is 45.7. The average Bonchev–Trinajstić information content (AvgIpc) is 2.91. The van der Waals surface area contributed by atoms with Crippen LogP contribution in [-0.2, 0) is 9.26 Å². The first-order valence-corrected chi connectivity index (χ1v) is 14.6. The Kier molecular flexibility index (Phi) is 4.90. The number of nitrogens with zero attached hydrogens (tertiary/aromatic N) is 1. The van der Waals surface area contributed by atoms with Crippen LogP contribution in [0.4, 0.5) is 0 Å². The molecule has 0 bridgehead atoms. The van der Waals surface area contributed by atoms with Crippen molar-refractivity contribution in [2.24, 2.45) is 33.7 Å². The molecule has 0 heterocycles. The fraction of sp³-hybridized carbons (Fsp3) is 0.870. The molecule has 4 aliphatic rings. The minimum Gasteiger partial charge on any atom is -0.415 e. The second kappa shape index (κ2) is 6.72. The third-order valence-electron chi connectivity index (χ3n) is 8.44. The fourth-order valence-electron chi connectivity index (χ4n) is 7.15. The molecule has 3 saturated carbocycles. The summed E-state index contributed by atoms with van der Waals surface area (Å²) in [5.74, 6) is 2.34. The summed E-state index contributed by atoms with van der Waals surface area (Å²) in [4.78, 5) is 5.19. The van der Waals surface area contributed by atoms with Crippen molar-refractivity contribution in [1.29, 1.82) is 0 Å². The topological polar surface area (TPSA) is 30.8 Å². The first kappa shape index (κ1) is 19.7. The minimum atomic E-state index is -1.44. The van der Waals surface area contributed by atoms with Crippen LogP contribution in [-0.4, -0.2) is 27.2 Å². The highest BCUT2D eigenvalue weighted by atomic mass is 28.4. The molecule has 0 amide bonds. The van der Waals surface area contributed by atoms with Gasteiger partial charge >= 0.3 is 0 Å². The van der Waals surface area contributed by atoms with Crippen LogP contribution in [0.1, 0.15) is 65.2 Å². The smallest absolute Gasteiger partial charge is 0.184 e. The molecule has 27 heavy (non-hydrogen) atoms. The lowest BCUT2D eigenvalue weighted by Gasteiger charge is -2.56. The molecule has 0 aromatic carbocycles. The van der Waals surface area contributed by atoms with Crippen LogP contribution in [0.15, 0.2) is 16.8 Å². The standard InChI is InChI=1S/C23H39NO2Si/c1-22-13-11-17(26-27(4,5)6)15-16(22)7-8-18-19-9-10-21(24-25-3)23(19,2)14-12-20(18)22/h12,16-19H,7-11,13-15H2,1-6H3. The number of hydrogen-bond acceptors (Lipinski definition) is 3. The monoisotopic (exact) mass is 389 g/mol. The first-order valence-electron chi connectivity index (χ1n) is 11.2. The van der Waals surface area contributed by atoms with E-state index < -0.39 is 8.32 Å². The van der Waals surface area contributed by atoms with Gasteiger partial charge < -0.3 is 9.26 Å².